The number of fused-ring (bicyclic) bond motifs is 2. The van der Waals surface area contributed by atoms with Gasteiger partial charge in [0.1, 0.15) is 138 Å². The Kier molecular flexibility index (Phi) is 34.3. The zero-order valence-electron chi connectivity index (χ0n) is 76.2. The molecule has 0 aliphatic carbocycles. The summed E-state index contributed by atoms with van der Waals surface area (Å²) in [4.78, 5) is 259. The molecule has 7 fully saturated rings. The Hall–Kier alpha value is -6.41. The summed E-state index contributed by atoms with van der Waals surface area (Å²) < 4.78 is 147. The number of aromatic nitrogens is 16. The zero-order chi connectivity index (χ0) is 105. The Morgan fingerprint density at radius 1 is 0.393 bits per heavy atom. The number of hydrogen-bond acceptors (Lipinski definition) is 53. The van der Waals surface area contributed by atoms with Gasteiger partial charge < -0.3 is 155 Å². The largest absolute Gasteiger partial charge is 0.780 e. The lowest BCUT2D eigenvalue weighted by molar-refractivity contribution is -0.221. The molecule has 8 aromatic heterocycles. The molecule has 0 amide bonds. The summed E-state index contributed by atoms with van der Waals surface area (Å²) >= 11 is 37.8. The van der Waals surface area contributed by atoms with Gasteiger partial charge >= 0.3 is 28.4 Å². The zero-order valence-corrected chi connectivity index (χ0v) is 88.2. The fraction of sp³-hybridized carbons (Fsp3) is 0.597. The first-order valence-corrected chi connectivity index (χ1v) is 61.5. The van der Waals surface area contributed by atoms with Gasteiger partial charge in [-0.15, -0.1) is 0 Å². The van der Waals surface area contributed by atoms with E-state index in [-0.39, 0.29) is 64.2 Å². The average Bonchev–Trinajstić information content (AvgIpc) is 1.62. The van der Waals surface area contributed by atoms with Crippen LogP contribution in [0.5, 0.6) is 0 Å². The van der Waals surface area contributed by atoms with Crippen molar-refractivity contribution in [1.29, 1.82) is 0 Å². The van der Waals surface area contributed by atoms with Crippen molar-refractivity contribution in [3.63, 3.8) is 0 Å². The lowest BCUT2D eigenvalue weighted by atomic mass is 10.1. The second-order valence-corrected chi connectivity index (χ2v) is 53.0. The van der Waals surface area contributed by atoms with Gasteiger partial charge in [0.15, 0.2) is 18.0 Å². The lowest BCUT2D eigenvalue weighted by Gasteiger charge is -2.36. The second-order valence-electron chi connectivity index (χ2n) is 34.0. The minimum Gasteiger partial charge on any atom is -0.780 e. The number of aromatic amines is 6. The monoisotopic (exact) mass is 2300 g/mol. The molecule has 59 nitrogen and oxygen atoms in total. The molecule has 796 valence electrons. The first kappa shape index (κ1) is 111. The SMILES string of the molecule is CC[C@H]1O[C@@H](n2cc(C)c(=O)[nH]c2=O)C[C@H]1OP([O-])(=S)OC[C@H]1O[C@@H](n2cc(C)c(=O)[nH]c2=O)C[C@H]1OP(=O)([S-])OC[C@H]1O[C@@H](n2cc(C)c(=O)[nH]c2=O)C[C@H]1OP([O-])(=S)OC[C@H]1O[C@@H](n2cnc3c(=O)[nH]c(N)nc32)C[C@H]1OP([O-])(=S)OC[C@H]1O[C@@H](n2cc(C)c(=O)[nH]c2=O)C[C@H]1OP([O-])(=S)OC[C@H]1O[C@@H](n2cc(C)c(=O)[nH]c2=O)C[C@H]1OP([O-])(=S)OC[C@H]1O[C@@H](n2cnc3c2NC=NC3N)C[C@H]1OP([O-])(=S)OC. The molecular weight excluding hydrogens is 2210 g/mol. The maximum absolute atomic E-state index is 15.0. The van der Waals surface area contributed by atoms with Gasteiger partial charge in [0.25, 0.3) is 33.4 Å². The standard InChI is InChI=1S/C72H97N20O39P7S7/c1-8-35-36(9-49(118-35)86-16-30(2)61(93)81-68(86)99)126-133(105,140)112-22-44-38(10-50(119-44)87-17-31(3)62(94)82-69(87)100)128-135(107,142)114-24-46-41(13-53(121-46)90-20-34(6)65(97)85-72(90)103)130-137(109,144)117-26-48-42(15-55(124-48)92-29-78-57-60(92)79-67(74)80-66(57)98)131-138(110,145)116-25-47-40(12-52(122-47)89-19-33(5)64(96)84-71(89)102)129-136(108,143)115-23-45-39(11-51(120-45)88-18-32(4)63(95)83-70(88)101)127-134(106,141)113-21-43-37(125-132(104,139)111-7)14-54(123-43)91-28-77-56-58(73)75-27-76-59(56)91/h16-20,27-29,35-55,58H,8-15,21-26,73H2,1-7H3,(H,75,76)(H,104,139)(H,105,140)(H,106,141)(H,107,142)(H,108,143)(H,109,144)(H,110,145)(H,81,93,99)(H,82,94,100)(H,83,95,101)(H,84,96,102)(H,85,97,103)(H3,74,79,80,98)/p-7/t35-,36-,37-,38-,39-,40-,41-,42-,43-,44-,45-,46-,47-,48-,49-,50-,51-,52-,53-,54-,55-,58?,132?,133?,134?,135?,136?,137?,138?/m1/s1. The number of hydrogen-bond donors (Lipinski definition) is 9. The van der Waals surface area contributed by atoms with E-state index in [2.05, 4.69) is 55.2 Å². The maximum Gasteiger partial charge on any atom is 0.330 e. The minimum atomic E-state index is -5.10. The number of ether oxygens (including phenoxy) is 7. The van der Waals surface area contributed by atoms with Crippen molar-refractivity contribution >= 4 is 159 Å². The third-order valence-electron chi connectivity index (χ3n) is 24.0. The van der Waals surface area contributed by atoms with E-state index in [0.717, 1.165) is 61.1 Å². The molecule has 145 heavy (non-hydrogen) atoms. The van der Waals surface area contributed by atoms with Crippen LogP contribution in [0, 0.1) is 34.6 Å². The van der Waals surface area contributed by atoms with Gasteiger partial charge in [-0.1, -0.05) is 77.8 Å². The Morgan fingerprint density at radius 2 is 0.662 bits per heavy atom. The van der Waals surface area contributed by atoms with Crippen LogP contribution in [0.2, 0.25) is 0 Å². The van der Waals surface area contributed by atoms with Crippen LogP contribution in [0.15, 0.2) is 101 Å². The highest BCUT2D eigenvalue weighted by molar-refractivity contribution is 8.32. The normalized spacial score (nSPS) is 30.3. The second kappa shape index (κ2) is 44.7. The third kappa shape index (κ3) is 26.4. The van der Waals surface area contributed by atoms with Gasteiger partial charge in [-0.05, 0) is 41.0 Å². The van der Waals surface area contributed by atoms with Crippen LogP contribution >= 0.6 is 47.1 Å². The average molecular weight is 2300 g/mol. The Balaban J connectivity index is 0.609. The third-order valence-corrected chi connectivity index (χ3v) is 35.1. The number of nitrogens with two attached hydrogens (primary N) is 2. The van der Waals surface area contributed by atoms with Gasteiger partial charge in [-0.3, -0.25) is 100 Å². The van der Waals surface area contributed by atoms with E-state index in [0.29, 0.717) is 11.5 Å². The number of imidazole rings is 2. The van der Waals surface area contributed by atoms with Crippen LogP contribution in [0.4, 0.5) is 11.8 Å². The Bertz CT molecular complexity index is 7380. The number of H-pyrrole nitrogens is 6. The molecule has 0 radical (unpaired) electrons. The molecule has 11 N–H and O–H groups in total. The molecule has 0 aromatic carbocycles. The number of nitrogen functional groups attached to an aromatic ring is 1. The summed E-state index contributed by atoms with van der Waals surface area (Å²) in [5, 5.41) is 2.94. The van der Waals surface area contributed by atoms with E-state index in [1.165, 1.54) is 62.6 Å². The van der Waals surface area contributed by atoms with Crippen molar-refractivity contribution in [3.05, 3.63) is 192 Å². The molecule has 0 bridgehead atoms. The highest BCUT2D eigenvalue weighted by Crippen LogP contribution is 2.57. The van der Waals surface area contributed by atoms with Crippen LogP contribution < -0.4 is 108 Å². The van der Waals surface area contributed by atoms with Gasteiger partial charge in [0, 0.05) is 111 Å². The van der Waals surface area contributed by atoms with E-state index < -0.39 is 316 Å². The molecule has 73 heteroatoms. The fourth-order valence-electron chi connectivity index (χ4n) is 16.9. The number of aliphatic imine (C=N–C) groups is 1. The first-order valence-electron chi connectivity index (χ1n) is 43.6. The van der Waals surface area contributed by atoms with Crippen molar-refractivity contribution in [3.8, 4) is 0 Å². The van der Waals surface area contributed by atoms with Crippen LogP contribution in [0.3, 0.4) is 0 Å². The molecule has 8 unspecified atom stereocenters. The molecule has 8 aliphatic heterocycles. The van der Waals surface area contributed by atoms with Crippen LogP contribution in [-0.2, 0) is 184 Å². The van der Waals surface area contributed by atoms with Crippen LogP contribution in [0.1, 0.15) is 142 Å². The number of nitrogens with one attached hydrogen (secondary N) is 7. The van der Waals surface area contributed by atoms with Crippen molar-refractivity contribution in [1.82, 2.24) is 76.8 Å². The molecule has 0 saturated carbocycles. The highest BCUT2D eigenvalue weighted by atomic mass is 32.7. The van der Waals surface area contributed by atoms with E-state index in [9.17, 15) is 81.8 Å². The molecule has 8 aliphatic rings. The van der Waals surface area contributed by atoms with E-state index in [1.54, 1.807) is 6.92 Å². The van der Waals surface area contributed by atoms with E-state index >= 15 is 4.89 Å². The molecular formula is C72H90N20O39P7S7-7. The summed E-state index contributed by atoms with van der Waals surface area (Å²) in [6.45, 7) is -30.5. The highest BCUT2D eigenvalue weighted by Gasteiger charge is 2.50. The van der Waals surface area contributed by atoms with Crippen molar-refractivity contribution in [2.45, 2.75) is 228 Å². The number of rotatable bonds is 41. The van der Waals surface area contributed by atoms with Gasteiger partial charge in [0.05, 0.1) is 107 Å². The van der Waals surface area contributed by atoms with E-state index in [1.807, 2.05) is 0 Å². The molecule has 8 aromatic rings. The predicted octanol–water partition coefficient (Wildman–Crippen LogP) is -3.67. The summed E-state index contributed by atoms with van der Waals surface area (Å²) in [6, 6.07) is 0. The summed E-state index contributed by atoms with van der Waals surface area (Å²) in [5.41, 5.74) is 2.93. The first-order chi connectivity index (χ1) is 68.2. The quantitative estimate of drug-likeness (QED) is 0.0132. The summed E-state index contributed by atoms with van der Waals surface area (Å²) in [6.07, 6.45) is -22.9. The van der Waals surface area contributed by atoms with Crippen molar-refractivity contribution in [2.24, 2.45) is 10.7 Å². The Morgan fingerprint density at radius 3 is 0.972 bits per heavy atom. The number of nitrogens with zero attached hydrogens (tertiary/aromatic N) is 11. The topological polar surface area (TPSA) is 781 Å². The van der Waals surface area contributed by atoms with Crippen LogP contribution in [0.25, 0.3) is 11.2 Å². The molecule has 29 atom stereocenters. The number of anilines is 2. The van der Waals surface area contributed by atoms with E-state index in [4.69, 9.17) is 191 Å². The lowest BCUT2D eigenvalue weighted by Crippen LogP contribution is -2.35. The molecule has 7 saturated heterocycles. The van der Waals surface area contributed by atoms with Crippen molar-refractivity contribution < 1.29 is 130 Å². The summed E-state index contributed by atoms with van der Waals surface area (Å²) in [5.74, 6) is 0.00182. The molecule has 16 heterocycles. The van der Waals surface area contributed by atoms with Gasteiger partial charge in [-0.2, -0.15) is 4.98 Å². The van der Waals surface area contributed by atoms with Crippen LogP contribution in [-0.4, -0.2) is 215 Å². The fourth-order valence-corrected chi connectivity index (χ4v) is 26.6. The number of aryl methyl sites for hydroxylation is 5. The van der Waals surface area contributed by atoms with Gasteiger partial charge in [0.2, 0.25) is 5.95 Å². The van der Waals surface area contributed by atoms with Gasteiger partial charge in [-0.25, -0.2) is 33.9 Å². The Labute approximate surface area is 849 Å². The smallest absolute Gasteiger partial charge is 0.330 e. The maximum atomic E-state index is 15.0. The molecule has 0 spiro atoms. The van der Waals surface area contributed by atoms with Crippen molar-refractivity contribution in [2.75, 3.05) is 57.8 Å². The minimum absolute atomic E-state index is 0.00549. The molecule has 16 rings (SSSR count). The summed E-state index contributed by atoms with van der Waals surface area (Å²) in [7, 11) is 1.06. The predicted molar refractivity (Wildman–Crippen MR) is 512 cm³/mol.